The maximum atomic E-state index is 12.4. The molecule has 2 rings (SSSR count). The van der Waals surface area contributed by atoms with Gasteiger partial charge >= 0.3 is 0 Å². The number of rotatable bonds is 3. The third kappa shape index (κ3) is 6.09. The first-order valence-electron chi connectivity index (χ1n) is 8.98. The molecule has 2 fully saturated rings. The molecule has 2 aliphatic rings. The lowest BCUT2D eigenvalue weighted by molar-refractivity contribution is 0.457. The Morgan fingerprint density at radius 2 is 1.10 bits per heavy atom. The van der Waals surface area contributed by atoms with Crippen LogP contribution in [0.2, 0.25) is 0 Å². The van der Waals surface area contributed by atoms with Crippen LogP contribution in [0.1, 0.15) is 89.9 Å². The molecule has 122 valence electrons. The SMILES string of the molecule is O=S(=O)(N=CC1CCCCCCC1)C1CCCCCCC1. The smallest absolute Gasteiger partial charge is 0.204 e. The van der Waals surface area contributed by atoms with Crippen molar-refractivity contribution < 1.29 is 8.42 Å². The Hall–Kier alpha value is -0.380. The van der Waals surface area contributed by atoms with Crippen molar-refractivity contribution in [2.75, 3.05) is 0 Å². The summed E-state index contributed by atoms with van der Waals surface area (Å²) in [5, 5.41) is -0.220. The summed E-state index contributed by atoms with van der Waals surface area (Å²) >= 11 is 0. The Morgan fingerprint density at radius 3 is 1.62 bits per heavy atom. The molecule has 0 radical (unpaired) electrons. The molecule has 0 amide bonds. The van der Waals surface area contributed by atoms with Crippen LogP contribution in [0.15, 0.2) is 4.40 Å². The van der Waals surface area contributed by atoms with Gasteiger partial charge in [-0.25, -0.2) is 8.42 Å². The minimum absolute atomic E-state index is 0.220. The van der Waals surface area contributed by atoms with Gasteiger partial charge in [0.05, 0.1) is 5.25 Å². The first-order chi connectivity index (χ1) is 10.2. The minimum Gasteiger partial charge on any atom is -0.204 e. The molecule has 4 heteroatoms. The molecule has 0 atom stereocenters. The highest BCUT2D eigenvalue weighted by Gasteiger charge is 2.25. The van der Waals surface area contributed by atoms with Crippen LogP contribution >= 0.6 is 0 Å². The van der Waals surface area contributed by atoms with Crippen LogP contribution in [-0.4, -0.2) is 19.9 Å². The summed E-state index contributed by atoms with van der Waals surface area (Å²) in [6, 6.07) is 0. The minimum atomic E-state index is -3.27. The largest absolute Gasteiger partial charge is 0.255 e. The average Bonchev–Trinajstić information content (AvgIpc) is 2.36. The topological polar surface area (TPSA) is 46.5 Å². The second kappa shape index (κ2) is 8.92. The van der Waals surface area contributed by atoms with Gasteiger partial charge in [-0.15, -0.1) is 0 Å². The summed E-state index contributed by atoms with van der Waals surface area (Å²) in [6.45, 7) is 0. The molecule has 21 heavy (non-hydrogen) atoms. The quantitative estimate of drug-likeness (QED) is 0.698. The van der Waals surface area contributed by atoms with Crippen LogP contribution in [0, 0.1) is 5.92 Å². The Balaban J connectivity index is 1.92. The molecule has 3 nitrogen and oxygen atoms in total. The highest BCUT2D eigenvalue weighted by molar-refractivity contribution is 7.90. The molecule has 0 N–H and O–H groups in total. The Kier molecular flexibility index (Phi) is 7.21. The molecule has 0 spiro atoms. The van der Waals surface area contributed by atoms with Crippen molar-refractivity contribution in [3.05, 3.63) is 0 Å². The number of nitrogens with zero attached hydrogens (tertiary/aromatic N) is 1. The van der Waals surface area contributed by atoms with Crippen molar-refractivity contribution in [1.29, 1.82) is 0 Å². The molecule has 2 aliphatic carbocycles. The highest BCUT2D eigenvalue weighted by Crippen LogP contribution is 2.25. The van der Waals surface area contributed by atoms with Crippen LogP contribution < -0.4 is 0 Å². The van der Waals surface area contributed by atoms with Crippen LogP contribution in [-0.2, 0) is 10.0 Å². The summed E-state index contributed by atoms with van der Waals surface area (Å²) < 4.78 is 29.0. The summed E-state index contributed by atoms with van der Waals surface area (Å²) in [5.74, 6) is 0.383. The normalized spacial score (nSPS) is 25.1. The summed E-state index contributed by atoms with van der Waals surface area (Å²) in [6.07, 6.45) is 17.7. The van der Waals surface area contributed by atoms with Gasteiger partial charge in [-0.1, -0.05) is 64.2 Å². The van der Waals surface area contributed by atoms with Gasteiger partial charge in [-0.05, 0) is 31.6 Å². The zero-order chi connectivity index (χ0) is 15.0. The number of sulfonamides is 1. The van der Waals surface area contributed by atoms with E-state index < -0.39 is 10.0 Å². The van der Waals surface area contributed by atoms with E-state index in [9.17, 15) is 8.42 Å². The molecule has 0 heterocycles. The van der Waals surface area contributed by atoms with Crippen molar-refractivity contribution in [2.45, 2.75) is 95.1 Å². The lowest BCUT2D eigenvalue weighted by Crippen LogP contribution is -2.21. The highest BCUT2D eigenvalue weighted by atomic mass is 32.2. The molecule has 0 bridgehead atoms. The van der Waals surface area contributed by atoms with Crippen LogP contribution in [0.3, 0.4) is 0 Å². The number of hydrogen-bond acceptors (Lipinski definition) is 2. The van der Waals surface area contributed by atoms with Gasteiger partial charge in [0.1, 0.15) is 0 Å². The molecule has 2 saturated carbocycles. The Labute approximate surface area is 130 Å². The Bertz CT molecular complexity index is 401. The molecule has 0 aromatic rings. The third-order valence-corrected chi connectivity index (χ3v) is 6.77. The van der Waals surface area contributed by atoms with Crippen molar-refractivity contribution in [3.63, 3.8) is 0 Å². The van der Waals surface area contributed by atoms with Gasteiger partial charge < -0.3 is 0 Å². The molecular weight excluding hydrogens is 282 g/mol. The first kappa shape index (κ1) is 17.0. The average molecular weight is 314 g/mol. The maximum Gasteiger partial charge on any atom is 0.255 e. The zero-order valence-electron chi connectivity index (χ0n) is 13.3. The van der Waals surface area contributed by atoms with E-state index in [4.69, 9.17) is 0 Å². The summed E-state index contributed by atoms with van der Waals surface area (Å²) in [5.41, 5.74) is 0. The van der Waals surface area contributed by atoms with Crippen molar-refractivity contribution in [2.24, 2.45) is 10.3 Å². The second-order valence-corrected chi connectivity index (χ2v) is 8.75. The fourth-order valence-corrected chi connectivity index (χ4v) is 5.05. The van der Waals surface area contributed by atoms with Gasteiger partial charge in [0, 0.05) is 6.21 Å². The van der Waals surface area contributed by atoms with Gasteiger partial charge in [-0.2, -0.15) is 4.40 Å². The first-order valence-corrected chi connectivity index (χ1v) is 10.5. The van der Waals surface area contributed by atoms with Crippen molar-refractivity contribution in [3.8, 4) is 0 Å². The van der Waals surface area contributed by atoms with E-state index in [-0.39, 0.29) is 5.25 Å². The van der Waals surface area contributed by atoms with Crippen LogP contribution in [0.4, 0.5) is 0 Å². The maximum absolute atomic E-state index is 12.4. The van der Waals surface area contributed by atoms with E-state index in [1.165, 1.54) is 51.4 Å². The van der Waals surface area contributed by atoms with Crippen molar-refractivity contribution in [1.82, 2.24) is 0 Å². The van der Waals surface area contributed by atoms with Gasteiger partial charge in [-0.3, -0.25) is 0 Å². The summed E-state index contributed by atoms with van der Waals surface area (Å²) in [4.78, 5) is 0. The van der Waals surface area contributed by atoms with Gasteiger partial charge in [0.2, 0.25) is 0 Å². The van der Waals surface area contributed by atoms with E-state index in [0.717, 1.165) is 38.5 Å². The molecule has 0 aliphatic heterocycles. The standard InChI is InChI=1S/C17H31NO2S/c19-21(20,17-13-9-5-2-6-10-14-17)18-15-16-11-7-3-1-4-8-12-16/h15-17H,1-14H2. The lowest BCUT2D eigenvalue weighted by Gasteiger charge is -2.18. The predicted molar refractivity (Wildman–Crippen MR) is 89.3 cm³/mol. The second-order valence-electron chi connectivity index (χ2n) is 6.84. The molecular formula is C17H31NO2S. The number of hydrogen-bond donors (Lipinski definition) is 0. The third-order valence-electron chi connectivity index (χ3n) is 5.04. The fourth-order valence-electron chi connectivity index (χ4n) is 3.61. The van der Waals surface area contributed by atoms with Crippen LogP contribution in [0.5, 0.6) is 0 Å². The molecule has 0 unspecified atom stereocenters. The Morgan fingerprint density at radius 1 is 0.667 bits per heavy atom. The molecule has 0 aromatic heterocycles. The van der Waals surface area contributed by atoms with E-state index in [0.29, 0.717) is 5.92 Å². The van der Waals surface area contributed by atoms with E-state index >= 15 is 0 Å². The van der Waals surface area contributed by atoms with E-state index in [2.05, 4.69) is 4.40 Å². The molecule has 0 aromatic carbocycles. The van der Waals surface area contributed by atoms with Gasteiger partial charge in [0.25, 0.3) is 10.0 Å². The fraction of sp³-hybridized carbons (Fsp3) is 0.941. The van der Waals surface area contributed by atoms with Crippen LogP contribution in [0.25, 0.3) is 0 Å². The van der Waals surface area contributed by atoms with Crippen molar-refractivity contribution >= 4 is 16.2 Å². The van der Waals surface area contributed by atoms with Gasteiger partial charge in [0.15, 0.2) is 0 Å². The van der Waals surface area contributed by atoms with E-state index in [1.54, 1.807) is 6.21 Å². The van der Waals surface area contributed by atoms with E-state index in [1.807, 2.05) is 0 Å². The zero-order valence-corrected chi connectivity index (χ0v) is 14.1. The monoisotopic (exact) mass is 313 g/mol. The molecule has 0 saturated heterocycles. The predicted octanol–water partition coefficient (Wildman–Crippen LogP) is 4.86. The lowest BCUT2D eigenvalue weighted by atomic mass is 9.92. The summed E-state index contributed by atoms with van der Waals surface area (Å²) in [7, 11) is -3.27.